The van der Waals surface area contributed by atoms with E-state index in [0.29, 0.717) is 23.9 Å². The van der Waals surface area contributed by atoms with Gasteiger partial charge in [-0.15, -0.1) is 0 Å². The molecule has 0 spiro atoms. The molecular weight excluding hydrogens is 218 g/mol. The molecule has 1 rings (SSSR count). The van der Waals surface area contributed by atoms with Gasteiger partial charge in [0.2, 0.25) is 5.88 Å². The molecule has 1 heterocycles. The minimum Gasteiger partial charge on any atom is -0.495 e. The highest BCUT2D eigenvalue weighted by Crippen LogP contribution is 2.23. The van der Waals surface area contributed by atoms with Crippen LogP contribution in [0.4, 0.5) is 0 Å². The largest absolute Gasteiger partial charge is 0.495 e. The quantitative estimate of drug-likeness (QED) is 0.771. The van der Waals surface area contributed by atoms with Crippen LogP contribution in [0.5, 0.6) is 5.88 Å². The number of hydrogen-bond donors (Lipinski definition) is 1. The lowest BCUT2D eigenvalue weighted by Gasteiger charge is -2.27. The third kappa shape index (κ3) is 3.75. The van der Waals surface area contributed by atoms with Crippen molar-refractivity contribution in [3.05, 3.63) is 36.2 Å². The van der Waals surface area contributed by atoms with Crippen LogP contribution in [0.2, 0.25) is 0 Å². The van der Waals surface area contributed by atoms with E-state index in [9.17, 15) is 0 Å². The Kier molecular flexibility index (Phi) is 4.52. The molecule has 0 atom stereocenters. The molecule has 0 unspecified atom stereocenters. The molecule has 0 aliphatic heterocycles. The molecule has 0 aromatic carbocycles. The van der Waals surface area contributed by atoms with Crippen LogP contribution in [0.3, 0.4) is 0 Å². The second-order valence-electron chi connectivity index (χ2n) is 4.09. The van der Waals surface area contributed by atoms with Crippen molar-refractivity contribution in [2.24, 2.45) is 0 Å². The number of rotatable bonds is 6. The molecule has 94 valence electrons. The van der Waals surface area contributed by atoms with E-state index < -0.39 is 5.60 Å². The monoisotopic (exact) mass is 237 g/mol. The fourth-order valence-corrected chi connectivity index (χ4v) is 1.27. The highest BCUT2D eigenvalue weighted by atomic mass is 16.5. The number of pyridine rings is 1. The van der Waals surface area contributed by atoms with Gasteiger partial charge in [-0.25, -0.2) is 4.98 Å². The molecule has 0 aliphatic rings. The van der Waals surface area contributed by atoms with Crippen molar-refractivity contribution in [2.75, 3.05) is 6.61 Å². The molecule has 1 N–H and O–H groups in total. The fraction of sp³-hybridized carbons (Fsp3) is 0.462. The van der Waals surface area contributed by atoms with Crippen molar-refractivity contribution in [1.82, 2.24) is 4.98 Å². The summed E-state index contributed by atoms with van der Waals surface area (Å²) < 4.78 is 11.1. The summed E-state index contributed by atoms with van der Waals surface area (Å²) in [5, 5.41) is 8.99. The second-order valence-corrected chi connectivity index (χ2v) is 4.09. The SMILES string of the molecule is C=C(OCC)C(C)(C)Oc1cccc(CO)n1. The van der Waals surface area contributed by atoms with Crippen molar-refractivity contribution < 1.29 is 14.6 Å². The predicted molar refractivity (Wildman–Crippen MR) is 65.6 cm³/mol. The third-order valence-electron chi connectivity index (χ3n) is 2.29. The van der Waals surface area contributed by atoms with E-state index >= 15 is 0 Å². The van der Waals surface area contributed by atoms with Gasteiger partial charge in [-0.2, -0.15) is 0 Å². The lowest BCUT2D eigenvalue weighted by atomic mass is 10.1. The molecule has 17 heavy (non-hydrogen) atoms. The standard InChI is InChI=1S/C13H19NO3/c1-5-16-10(2)13(3,4)17-12-8-6-7-11(9-15)14-12/h6-8,15H,2,5,9H2,1,3-4H3. The van der Waals surface area contributed by atoms with Gasteiger partial charge in [0.25, 0.3) is 0 Å². The normalized spacial score (nSPS) is 11.1. The molecule has 0 saturated heterocycles. The van der Waals surface area contributed by atoms with Gasteiger partial charge in [0.1, 0.15) is 5.76 Å². The first-order chi connectivity index (χ1) is 7.99. The number of aromatic nitrogens is 1. The first-order valence-corrected chi connectivity index (χ1v) is 5.57. The third-order valence-corrected chi connectivity index (χ3v) is 2.29. The van der Waals surface area contributed by atoms with Crippen molar-refractivity contribution in [1.29, 1.82) is 0 Å². The summed E-state index contributed by atoms with van der Waals surface area (Å²) in [5.41, 5.74) is -0.0859. The molecule has 0 radical (unpaired) electrons. The Morgan fingerprint density at radius 3 is 2.76 bits per heavy atom. The van der Waals surface area contributed by atoms with Gasteiger partial charge < -0.3 is 14.6 Å². The van der Waals surface area contributed by atoms with Crippen LogP contribution in [0.15, 0.2) is 30.5 Å². The first-order valence-electron chi connectivity index (χ1n) is 5.57. The number of ether oxygens (including phenoxy) is 2. The lowest BCUT2D eigenvalue weighted by Crippen LogP contribution is -2.32. The van der Waals surface area contributed by atoms with E-state index in [4.69, 9.17) is 14.6 Å². The van der Waals surface area contributed by atoms with E-state index in [0.717, 1.165) is 0 Å². The Bertz CT molecular complexity index is 388. The average molecular weight is 237 g/mol. The maximum atomic E-state index is 8.99. The highest BCUT2D eigenvalue weighted by Gasteiger charge is 2.26. The number of nitrogens with zero attached hydrogens (tertiary/aromatic N) is 1. The summed E-state index contributed by atoms with van der Waals surface area (Å²) in [7, 11) is 0. The fourth-order valence-electron chi connectivity index (χ4n) is 1.27. The molecular formula is C13H19NO3. The van der Waals surface area contributed by atoms with Crippen LogP contribution in [-0.4, -0.2) is 22.3 Å². The molecule has 0 aliphatic carbocycles. The molecule has 0 saturated carbocycles. The molecule has 1 aromatic heterocycles. The van der Waals surface area contributed by atoms with Gasteiger partial charge in [-0.1, -0.05) is 12.6 Å². The van der Waals surface area contributed by atoms with Crippen LogP contribution in [0.1, 0.15) is 26.5 Å². The van der Waals surface area contributed by atoms with Gasteiger partial charge in [-0.05, 0) is 26.8 Å². The molecule has 0 bridgehead atoms. The molecule has 0 amide bonds. The summed E-state index contributed by atoms with van der Waals surface area (Å²) in [5.74, 6) is 0.999. The minimum atomic E-state index is -0.656. The minimum absolute atomic E-state index is 0.107. The maximum Gasteiger partial charge on any atom is 0.214 e. The zero-order valence-corrected chi connectivity index (χ0v) is 10.6. The number of aliphatic hydroxyl groups is 1. The van der Waals surface area contributed by atoms with Crippen LogP contribution in [0.25, 0.3) is 0 Å². The van der Waals surface area contributed by atoms with Crippen molar-refractivity contribution >= 4 is 0 Å². The molecule has 0 fully saturated rings. The summed E-state index contributed by atoms with van der Waals surface area (Å²) in [6, 6.07) is 5.25. The summed E-state index contributed by atoms with van der Waals surface area (Å²) >= 11 is 0. The Hall–Kier alpha value is -1.55. The van der Waals surface area contributed by atoms with Gasteiger partial charge in [-0.3, -0.25) is 0 Å². The van der Waals surface area contributed by atoms with E-state index in [1.54, 1.807) is 18.2 Å². The van der Waals surface area contributed by atoms with E-state index in [1.807, 2.05) is 20.8 Å². The zero-order valence-electron chi connectivity index (χ0n) is 10.6. The first kappa shape index (κ1) is 13.5. The highest BCUT2D eigenvalue weighted by molar-refractivity contribution is 5.18. The molecule has 4 nitrogen and oxygen atoms in total. The van der Waals surface area contributed by atoms with Gasteiger partial charge >= 0.3 is 0 Å². The number of aliphatic hydroxyl groups excluding tert-OH is 1. The second kappa shape index (κ2) is 5.68. The van der Waals surface area contributed by atoms with Crippen molar-refractivity contribution in [2.45, 2.75) is 33.0 Å². The molecule has 1 aromatic rings. The summed E-state index contributed by atoms with van der Waals surface area (Å²) in [6.07, 6.45) is 0. The van der Waals surface area contributed by atoms with Crippen LogP contribution in [-0.2, 0) is 11.3 Å². The lowest BCUT2D eigenvalue weighted by molar-refractivity contribution is 0.0601. The van der Waals surface area contributed by atoms with Gasteiger partial charge in [0.05, 0.1) is 18.9 Å². The topological polar surface area (TPSA) is 51.6 Å². The van der Waals surface area contributed by atoms with E-state index in [2.05, 4.69) is 11.6 Å². The average Bonchev–Trinajstić information content (AvgIpc) is 2.29. The van der Waals surface area contributed by atoms with Gasteiger partial charge in [0, 0.05) is 6.07 Å². The molecule has 4 heteroatoms. The van der Waals surface area contributed by atoms with E-state index in [-0.39, 0.29) is 6.61 Å². The van der Waals surface area contributed by atoms with Crippen LogP contribution >= 0.6 is 0 Å². The Labute approximate surface area is 102 Å². The van der Waals surface area contributed by atoms with Crippen molar-refractivity contribution in [3.8, 4) is 5.88 Å². The Balaban J connectivity index is 2.78. The van der Waals surface area contributed by atoms with Crippen LogP contribution < -0.4 is 4.74 Å². The summed E-state index contributed by atoms with van der Waals surface area (Å²) in [6.45, 7) is 9.89. The van der Waals surface area contributed by atoms with Gasteiger partial charge in [0.15, 0.2) is 5.60 Å². The number of hydrogen-bond acceptors (Lipinski definition) is 4. The van der Waals surface area contributed by atoms with E-state index in [1.165, 1.54) is 0 Å². The zero-order chi connectivity index (χ0) is 12.9. The Morgan fingerprint density at radius 2 is 2.18 bits per heavy atom. The maximum absolute atomic E-state index is 8.99. The smallest absolute Gasteiger partial charge is 0.214 e. The predicted octanol–water partition coefficient (Wildman–Crippen LogP) is 2.28. The Morgan fingerprint density at radius 1 is 1.47 bits per heavy atom. The summed E-state index contributed by atoms with van der Waals surface area (Å²) in [4.78, 5) is 4.15. The van der Waals surface area contributed by atoms with Crippen molar-refractivity contribution in [3.63, 3.8) is 0 Å². The van der Waals surface area contributed by atoms with Crippen LogP contribution in [0, 0.1) is 0 Å².